The number of pyridine rings is 1. The van der Waals surface area contributed by atoms with E-state index in [4.69, 9.17) is 4.74 Å². The molecular formula is C54H66N6O10S. The highest BCUT2D eigenvalue weighted by Gasteiger charge is 2.63. The minimum atomic E-state index is -2.47. The summed E-state index contributed by atoms with van der Waals surface area (Å²) >= 11 is 1.38. The predicted molar refractivity (Wildman–Crippen MR) is 266 cm³/mol. The van der Waals surface area contributed by atoms with Gasteiger partial charge in [0, 0.05) is 55.7 Å². The van der Waals surface area contributed by atoms with Gasteiger partial charge < -0.3 is 46.4 Å². The Bertz CT molecular complexity index is 2570. The second-order valence-corrected chi connectivity index (χ2v) is 21.7. The lowest BCUT2D eigenvalue weighted by Crippen LogP contribution is -2.56. The van der Waals surface area contributed by atoms with E-state index in [0.29, 0.717) is 25.0 Å². The number of carbonyl (C=O) groups is 5. The summed E-state index contributed by atoms with van der Waals surface area (Å²) in [6.45, 7) is 0.681. The molecule has 0 radical (unpaired) electrons. The molecule has 378 valence electrons. The van der Waals surface area contributed by atoms with Crippen molar-refractivity contribution in [2.24, 2.45) is 28.6 Å². The molecule has 9 N–H and O–H groups in total. The number of aromatic nitrogens is 1. The van der Waals surface area contributed by atoms with Crippen LogP contribution in [-0.4, -0.2) is 110 Å². The maximum Gasteiger partial charge on any atom is 0.353 e. The Kier molecular flexibility index (Phi) is 15.2. The van der Waals surface area contributed by atoms with Gasteiger partial charge in [0.05, 0.1) is 5.25 Å². The summed E-state index contributed by atoms with van der Waals surface area (Å²) < 4.78 is 6.98. The molecule has 9 unspecified atom stereocenters. The molecule has 9 atom stereocenters. The quantitative estimate of drug-likeness (QED) is 0.0497. The zero-order chi connectivity index (χ0) is 49.9. The van der Waals surface area contributed by atoms with E-state index in [1.54, 1.807) is 7.05 Å². The molecule has 1 saturated carbocycles. The number of fused-ring (bicyclic) bond motifs is 1. The first-order chi connectivity index (χ1) is 34.3. The van der Waals surface area contributed by atoms with Gasteiger partial charge >= 0.3 is 17.9 Å². The summed E-state index contributed by atoms with van der Waals surface area (Å²) in [5.41, 5.74) is 3.62. The number of aliphatic hydroxyl groups excluding tert-OH is 1. The highest BCUT2D eigenvalue weighted by molar-refractivity contribution is 8.00. The Morgan fingerprint density at radius 3 is 2.52 bits per heavy atom. The van der Waals surface area contributed by atoms with E-state index in [9.17, 15) is 39.6 Å². The van der Waals surface area contributed by atoms with E-state index in [0.717, 1.165) is 99.4 Å². The van der Waals surface area contributed by atoms with Crippen molar-refractivity contribution in [3.63, 3.8) is 0 Å². The first kappa shape index (κ1) is 50.6. The number of carboxylic acids is 2. The molecule has 2 aliphatic heterocycles. The van der Waals surface area contributed by atoms with E-state index in [2.05, 4.69) is 73.8 Å². The molecule has 1 aromatic heterocycles. The van der Waals surface area contributed by atoms with Crippen molar-refractivity contribution in [3.8, 4) is 11.8 Å². The van der Waals surface area contributed by atoms with Gasteiger partial charge in [-0.15, -0.1) is 11.8 Å². The monoisotopic (exact) mass is 990 g/mol. The number of hydrogen-bond acceptors (Lipinski definition) is 13. The maximum atomic E-state index is 15.9. The number of carbonyl (C=O) groups excluding carboxylic acids is 3. The number of benzene rings is 1. The number of ether oxygens (including phenoxy) is 1. The number of piperidine rings is 1. The van der Waals surface area contributed by atoms with Gasteiger partial charge in [0.15, 0.2) is 5.41 Å². The lowest BCUT2D eigenvalue weighted by atomic mass is 9.56. The summed E-state index contributed by atoms with van der Waals surface area (Å²) in [7, 11) is 1.55. The fourth-order valence-corrected chi connectivity index (χ4v) is 14.5. The highest BCUT2D eigenvalue weighted by Crippen LogP contribution is 2.62. The van der Waals surface area contributed by atoms with Gasteiger partial charge in [-0.2, -0.15) is 0 Å². The molecule has 2 fully saturated rings. The summed E-state index contributed by atoms with van der Waals surface area (Å²) in [4.78, 5) is 71.8. The second-order valence-electron chi connectivity index (χ2n) is 20.6. The zero-order valence-corrected chi connectivity index (χ0v) is 41.1. The molecule has 2 aromatic rings. The van der Waals surface area contributed by atoms with Crippen LogP contribution in [0.1, 0.15) is 106 Å². The number of aliphatic hydroxyl groups is 2. The summed E-state index contributed by atoms with van der Waals surface area (Å²) in [6.07, 6.45) is 16.6. The Labute approximate surface area is 418 Å². The number of thioether (sulfide) groups is 1. The first-order valence-electron chi connectivity index (χ1n) is 25.3. The standard InChI is InChI=1S/C54H66N6O10S/c1-55-31-58-54(69,50(66)67)23-15-41(61)59-40(47(62)60-48(63)49(64)65)30-71-46-45-43-36(9-3-2-4-19-52(46)20-5-6-21-52)28-37(27-32-16-24-56-25-17-32)42-44-39-29-38-33(12-8-22-53(42,43)51(68)70-45)10-7-11-34(38)13-14-35(39)18-26-57-44/h7,10-11,13-14,16-17,24-25,35-36,39-40,44,46,48,55,57-58,63,69H,2-6,9,12,15,18-21,23,26-31H2,1H3,(H,59,61)(H,60,62)(H,64,65)(H,66,67). The minimum Gasteiger partial charge on any atom is -0.478 e. The van der Waals surface area contributed by atoms with Crippen LogP contribution in [0.25, 0.3) is 6.08 Å². The number of carboxylic acid groups (broad SMARTS) is 2. The molecule has 3 heterocycles. The Morgan fingerprint density at radius 1 is 1.00 bits per heavy atom. The molecule has 2 bridgehead atoms. The highest BCUT2D eigenvalue weighted by atomic mass is 32.2. The number of esters is 1. The van der Waals surface area contributed by atoms with Gasteiger partial charge in [-0.1, -0.05) is 79.9 Å². The second kappa shape index (κ2) is 21.4. The van der Waals surface area contributed by atoms with Gasteiger partial charge in [-0.05, 0) is 128 Å². The van der Waals surface area contributed by atoms with Crippen molar-refractivity contribution in [3.05, 3.63) is 93.5 Å². The summed E-state index contributed by atoms with van der Waals surface area (Å²) in [5.74, 6) is 2.64. The van der Waals surface area contributed by atoms with E-state index in [-0.39, 0.29) is 41.6 Å². The lowest BCUT2D eigenvalue weighted by Gasteiger charge is -2.48. The molecule has 5 aliphatic carbocycles. The van der Waals surface area contributed by atoms with Crippen molar-refractivity contribution >= 4 is 47.6 Å². The third kappa shape index (κ3) is 10.1. The predicted octanol–water partition coefficient (Wildman–Crippen LogP) is 4.11. The molecule has 71 heavy (non-hydrogen) atoms. The number of allylic oxidation sites excluding steroid dienone is 2. The fraction of sp³-hybridized carbons (Fsp3) is 0.556. The van der Waals surface area contributed by atoms with Gasteiger partial charge in [0.25, 0.3) is 0 Å². The third-order valence-electron chi connectivity index (χ3n) is 16.3. The molecule has 9 rings (SSSR count). The minimum absolute atomic E-state index is 0.0772. The fourth-order valence-electron chi connectivity index (χ4n) is 12.9. The molecule has 2 spiro atoms. The average molecular weight is 991 g/mol. The molecule has 1 saturated heterocycles. The number of nitrogens with one attached hydrogen (secondary N) is 5. The van der Waals surface area contributed by atoms with Crippen LogP contribution in [0.4, 0.5) is 0 Å². The van der Waals surface area contributed by atoms with Crippen LogP contribution < -0.4 is 26.6 Å². The molecular weight excluding hydrogens is 925 g/mol. The van der Waals surface area contributed by atoms with Gasteiger partial charge in [0.2, 0.25) is 23.8 Å². The first-order valence-corrected chi connectivity index (χ1v) is 26.4. The molecule has 7 aliphatic rings. The van der Waals surface area contributed by atoms with Crippen LogP contribution in [0.2, 0.25) is 0 Å². The van der Waals surface area contributed by atoms with Crippen molar-refractivity contribution in [1.82, 2.24) is 31.6 Å². The van der Waals surface area contributed by atoms with Gasteiger partial charge in [0.1, 0.15) is 11.8 Å². The Morgan fingerprint density at radius 2 is 1.77 bits per heavy atom. The maximum absolute atomic E-state index is 15.9. The van der Waals surface area contributed by atoms with Crippen molar-refractivity contribution in [1.29, 1.82) is 0 Å². The van der Waals surface area contributed by atoms with Crippen LogP contribution in [0.5, 0.6) is 0 Å². The zero-order valence-electron chi connectivity index (χ0n) is 40.3. The largest absolute Gasteiger partial charge is 0.478 e. The Hall–Kier alpha value is -5.35. The summed E-state index contributed by atoms with van der Waals surface area (Å²) in [6, 6.07) is 8.89. The van der Waals surface area contributed by atoms with Crippen LogP contribution in [0.3, 0.4) is 0 Å². The van der Waals surface area contributed by atoms with E-state index < -0.39 is 71.2 Å². The van der Waals surface area contributed by atoms with Crippen molar-refractivity contribution < 1.29 is 49.1 Å². The topological polar surface area (TPSA) is 249 Å². The number of amides is 2. The smallest absolute Gasteiger partial charge is 0.353 e. The van der Waals surface area contributed by atoms with Gasteiger partial charge in [-0.25, -0.2) is 14.4 Å². The van der Waals surface area contributed by atoms with E-state index in [1.165, 1.54) is 28.5 Å². The molecule has 2 amide bonds. The number of hydrogen-bond donors (Lipinski definition) is 9. The van der Waals surface area contributed by atoms with E-state index >= 15 is 4.79 Å². The van der Waals surface area contributed by atoms with E-state index in [1.807, 2.05) is 24.5 Å². The van der Waals surface area contributed by atoms with Gasteiger partial charge in [-0.3, -0.25) is 19.9 Å². The van der Waals surface area contributed by atoms with Crippen LogP contribution >= 0.6 is 11.8 Å². The Balaban J connectivity index is 1.18. The number of rotatable bonds is 16. The van der Waals surface area contributed by atoms with Crippen LogP contribution in [-0.2, 0) is 48.0 Å². The number of nitrogens with zero attached hydrogens (tertiary/aromatic N) is 1. The SMILES string of the molecule is CNCNC(O)(CCC(=O)NC(CSC1C2=C3C(CCCCCC14CCCC4)CC(Cc1ccncc1)=C1C4NCCC5C=Cc6cccc(c6CC54)CC#CC31C(=O)O2)C(=O)NC(O)C(=O)O)C(=O)O. The van der Waals surface area contributed by atoms with Crippen LogP contribution in [0, 0.1) is 40.4 Å². The average Bonchev–Trinajstić information content (AvgIpc) is 3.88. The molecule has 16 nitrogen and oxygen atoms in total. The number of aliphatic carboxylic acids is 2. The third-order valence-corrected chi connectivity index (χ3v) is 17.9. The normalized spacial score (nSPS) is 27.9. The van der Waals surface area contributed by atoms with Crippen molar-refractivity contribution in [2.75, 3.05) is 26.0 Å². The molecule has 1 aromatic carbocycles. The summed E-state index contributed by atoms with van der Waals surface area (Å²) in [5, 5.41) is 53.9. The van der Waals surface area contributed by atoms with Crippen molar-refractivity contribution in [2.45, 2.75) is 132 Å². The molecule has 17 heteroatoms. The van der Waals surface area contributed by atoms with Crippen LogP contribution in [0.15, 0.2) is 71.3 Å². The lowest BCUT2D eigenvalue weighted by molar-refractivity contribution is -0.164.